The third-order valence-electron chi connectivity index (χ3n) is 7.41. The maximum absolute atomic E-state index is 13.5. The van der Waals surface area contributed by atoms with Crippen molar-refractivity contribution in [1.82, 2.24) is 24.6 Å². The number of carbonyl (C=O) groups excluding carboxylic acids is 2. The first kappa shape index (κ1) is 31.7. The smallest absolute Gasteiger partial charge is 0.339 e. The van der Waals surface area contributed by atoms with E-state index in [9.17, 15) is 32.9 Å². The van der Waals surface area contributed by atoms with Gasteiger partial charge in [0.2, 0.25) is 5.91 Å². The van der Waals surface area contributed by atoms with Crippen LogP contribution in [-0.4, -0.2) is 72.7 Å². The van der Waals surface area contributed by atoms with Gasteiger partial charge in [0.1, 0.15) is 0 Å². The number of hydrogen-bond donors (Lipinski definition) is 0. The zero-order valence-electron chi connectivity index (χ0n) is 24.2. The summed E-state index contributed by atoms with van der Waals surface area (Å²) in [6, 6.07) is 19.3. The Bertz CT molecular complexity index is 1700. The number of piperazine rings is 1. The zero-order chi connectivity index (χ0) is 32.1. The molecule has 1 fully saturated rings. The Morgan fingerprint density at radius 2 is 1.76 bits per heavy atom. The summed E-state index contributed by atoms with van der Waals surface area (Å²) >= 11 is 1.30. The van der Waals surface area contributed by atoms with E-state index >= 15 is 0 Å². The normalized spacial score (nSPS) is 15.2. The van der Waals surface area contributed by atoms with Gasteiger partial charge in [0.05, 0.1) is 16.2 Å². The van der Waals surface area contributed by atoms with Gasteiger partial charge in [-0.3, -0.25) is 24.3 Å². The van der Waals surface area contributed by atoms with E-state index in [4.69, 9.17) is 0 Å². The van der Waals surface area contributed by atoms with E-state index in [-0.39, 0.29) is 41.2 Å². The van der Waals surface area contributed by atoms with Crippen molar-refractivity contribution in [3.63, 3.8) is 0 Å². The van der Waals surface area contributed by atoms with Crippen molar-refractivity contribution in [3.8, 4) is 17.1 Å². The summed E-state index contributed by atoms with van der Waals surface area (Å²) in [4.78, 5) is 39.9. The highest BCUT2D eigenvalue weighted by atomic mass is 32.2. The highest BCUT2D eigenvalue weighted by Crippen LogP contribution is 2.33. The molecule has 2 heterocycles. The van der Waals surface area contributed by atoms with Crippen molar-refractivity contribution < 1.29 is 27.7 Å². The molecule has 1 saturated heterocycles. The van der Waals surface area contributed by atoms with Gasteiger partial charge < -0.3 is 9.80 Å². The van der Waals surface area contributed by atoms with Crippen LogP contribution in [0.25, 0.3) is 17.1 Å². The number of alkyl halides is 3. The number of amides is 2. The second kappa shape index (κ2) is 13.5. The molecule has 0 aliphatic carbocycles. The van der Waals surface area contributed by atoms with Gasteiger partial charge in [-0.25, -0.2) is 0 Å². The Labute approximate surface area is 261 Å². The maximum atomic E-state index is 13.5. The molecule has 14 heteroatoms. The molecule has 1 unspecified atom stereocenters. The number of nitro benzene ring substituents is 1. The molecule has 1 aliphatic rings. The zero-order valence-corrected chi connectivity index (χ0v) is 25.0. The summed E-state index contributed by atoms with van der Waals surface area (Å²) in [5.74, 6) is 0.474. The fraction of sp³-hybridized carbons (Fsp3) is 0.290. The minimum atomic E-state index is -4.51. The molecule has 5 rings (SSSR count). The molecule has 3 aromatic carbocycles. The van der Waals surface area contributed by atoms with Gasteiger partial charge >= 0.3 is 6.18 Å². The average Bonchev–Trinajstić information content (AvgIpc) is 3.46. The molecular weight excluding hydrogens is 609 g/mol. The van der Waals surface area contributed by atoms with Crippen LogP contribution < -0.4 is 0 Å². The summed E-state index contributed by atoms with van der Waals surface area (Å²) in [6.45, 7) is 2.79. The quantitative estimate of drug-likeness (QED) is 0.0941. The van der Waals surface area contributed by atoms with Crippen LogP contribution in [0.15, 0.2) is 84.0 Å². The first-order valence-corrected chi connectivity index (χ1v) is 15.2. The number of nitrogens with zero attached hydrogens (tertiary/aromatic N) is 6. The third kappa shape index (κ3) is 7.33. The van der Waals surface area contributed by atoms with E-state index in [2.05, 4.69) is 10.2 Å². The van der Waals surface area contributed by atoms with Crippen molar-refractivity contribution in [2.24, 2.45) is 0 Å². The molecule has 0 spiro atoms. The molecule has 0 N–H and O–H groups in total. The molecular formula is C31H29F3N6O4S. The fourth-order valence-corrected chi connectivity index (χ4v) is 6.03. The van der Waals surface area contributed by atoms with E-state index in [1.165, 1.54) is 42.1 Å². The average molecular weight is 639 g/mol. The van der Waals surface area contributed by atoms with Gasteiger partial charge in [-0.2, -0.15) is 13.2 Å². The van der Waals surface area contributed by atoms with Crippen molar-refractivity contribution in [2.75, 3.05) is 25.4 Å². The van der Waals surface area contributed by atoms with Gasteiger partial charge in [-0.05, 0) is 37.6 Å². The number of nitro groups is 1. The van der Waals surface area contributed by atoms with Crippen LogP contribution in [0.4, 0.5) is 18.9 Å². The Kier molecular flexibility index (Phi) is 9.51. The van der Waals surface area contributed by atoms with Crippen LogP contribution in [-0.2, 0) is 11.0 Å². The molecule has 1 aromatic heterocycles. The second-order valence-electron chi connectivity index (χ2n) is 10.5. The van der Waals surface area contributed by atoms with Crippen molar-refractivity contribution in [3.05, 3.63) is 100 Å². The first-order valence-electron chi connectivity index (χ1n) is 14.2. The van der Waals surface area contributed by atoms with Gasteiger partial charge in [0, 0.05) is 61.1 Å². The number of halogens is 3. The Morgan fingerprint density at radius 1 is 1.00 bits per heavy atom. The van der Waals surface area contributed by atoms with E-state index in [1.54, 1.807) is 32.6 Å². The highest BCUT2D eigenvalue weighted by molar-refractivity contribution is 7.99. The standard InChI is InChI=1S/C31H29F3N6O4S/c1-21-20-37(15-16-38(21)29(42)23-10-5-13-26(18-23)40(43)44)27(41)14-7-17-45-30-36-35-28(22-8-3-2-4-9-22)39(30)25-12-6-11-24(19-25)31(32,33)34/h2-6,8-13,18-19,21H,7,14-17,20H2,1H3. The van der Waals surface area contributed by atoms with Crippen LogP contribution >= 0.6 is 11.8 Å². The van der Waals surface area contributed by atoms with Crippen LogP contribution in [0.2, 0.25) is 0 Å². The lowest BCUT2D eigenvalue weighted by Gasteiger charge is -2.40. The number of non-ortho nitro benzene ring substituents is 1. The van der Waals surface area contributed by atoms with Crippen molar-refractivity contribution >= 4 is 29.3 Å². The molecule has 0 bridgehead atoms. The lowest BCUT2D eigenvalue weighted by Crippen LogP contribution is -2.55. The number of benzene rings is 3. The lowest BCUT2D eigenvalue weighted by atomic mass is 10.1. The lowest BCUT2D eigenvalue weighted by molar-refractivity contribution is -0.384. The van der Waals surface area contributed by atoms with Crippen molar-refractivity contribution in [2.45, 2.75) is 37.1 Å². The number of aromatic nitrogens is 3. The third-order valence-corrected chi connectivity index (χ3v) is 8.42. The summed E-state index contributed by atoms with van der Waals surface area (Å²) in [7, 11) is 0. The molecule has 4 aromatic rings. The SMILES string of the molecule is CC1CN(C(=O)CCCSc2nnc(-c3ccccc3)n2-c2cccc(C(F)(F)F)c2)CCN1C(=O)c1cccc([N+](=O)[O-])c1. The molecule has 10 nitrogen and oxygen atoms in total. The van der Waals surface area contributed by atoms with E-state index in [1.807, 2.05) is 25.1 Å². The van der Waals surface area contributed by atoms with Crippen LogP contribution in [0.5, 0.6) is 0 Å². The molecule has 0 saturated carbocycles. The minimum Gasteiger partial charge on any atom is -0.339 e. The molecule has 1 aliphatic heterocycles. The van der Waals surface area contributed by atoms with Crippen LogP contribution in [0.3, 0.4) is 0 Å². The summed E-state index contributed by atoms with van der Waals surface area (Å²) in [5.41, 5.74) is 0.251. The minimum absolute atomic E-state index is 0.0748. The number of rotatable bonds is 9. The number of carbonyl (C=O) groups is 2. The Balaban J connectivity index is 1.20. The molecule has 234 valence electrons. The number of thioether (sulfide) groups is 1. The first-order chi connectivity index (χ1) is 21.5. The molecule has 1 atom stereocenters. The maximum Gasteiger partial charge on any atom is 0.416 e. The largest absolute Gasteiger partial charge is 0.416 e. The molecule has 0 radical (unpaired) electrons. The Hall–Kier alpha value is -4.72. The highest BCUT2D eigenvalue weighted by Gasteiger charge is 2.32. The monoisotopic (exact) mass is 638 g/mol. The molecule has 45 heavy (non-hydrogen) atoms. The van der Waals surface area contributed by atoms with Gasteiger partial charge in [0.25, 0.3) is 11.6 Å². The molecule has 2 amide bonds. The van der Waals surface area contributed by atoms with E-state index < -0.39 is 16.7 Å². The summed E-state index contributed by atoms with van der Waals surface area (Å²) in [6.07, 6.45) is -3.79. The summed E-state index contributed by atoms with van der Waals surface area (Å²) in [5, 5.41) is 20.0. The van der Waals surface area contributed by atoms with E-state index in [0.717, 1.165) is 12.1 Å². The summed E-state index contributed by atoms with van der Waals surface area (Å²) < 4.78 is 42.1. The van der Waals surface area contributed by atoms with Crippen LogP contribution in [0.1, 0.15) is 35.7 Å². The fourth-order valence-electron chi connectivity index (χ4n) is 5.14. The van der Waals surface area contributed by atoms with E-state index in [0.29, 0.717) is 48.4 Å². The topological polar surface area (TPSA) is 114 Å². The van der Waals surface area contributed by atoms with Crippen molar-refractivity contribution in [1.29, 1.82) is 0 Å². The second-order valence-corrected chi connectivity index (χ2v) is 11.6. The predicted octanol–water partition coefficient (Wildman–Crippen LogP) is 6.11. The predicted molar refractivity (Wildman–Crippen MR) is 162 cm³/mol. The van der Waals surface area contributed by atoms with Gasteiger partial charge in [0.15, 0.2) is 11.0 Å². The van der Waals surface area contributed by atoms with Crippen LogP contribution in [0, 0.1) is 10.1 Å². The van der Waals surface area contributed by atoms with Gasteiger partial charge in [-0.15, -0.1) is 10.2 Å². The van der Waals surface area contributed by atoms with Gasteiger partial charge in [-0.1, -0.05) is 54.2 Å². The number of hydrogen-bond acceptors (Lipinski definition) is 7. The Morgan fingerprint density at radius 3 is 2.47 bits per heavy atom.